The summed E-state index contributed by atoms with van der Waals surface area (Å²) in [5.41, 5.74) is 6.20. The molecule has 0 saturated heterocycles. The zero-order valence-electron chi connectivity index (χ0n) is 9.46. The van der Waals surface area contributed by atoms with Gasteiger partial charge in [-0.25, -0.2) is 8.78 Å². The van der Waals surface area contributed by atoms with Gasteiger partial charge >= 0.3 is 0 Å². The van der Waals surface area contributed by atoms with Crippen molar-refractivity contribution in [3.63, 3.8) is 0 Å². The lowest BCUT2D eigenvalue weighted by Gasteiger charge is -2.07. The minimum Gasteiger partial charge on any atom is -0.398 e. The van der Waals surface area contributed by atoms with E-state index in [1.54, 1.807) is 0 Å². The number of hydrogen-bond acceptors (Lipinski definition) is 3. The Hall–Kier alpha value is -1.40. The number of alkyl halides is 2. The van der Waals surface area contributed by atoms with Crippen LogP contribution in [0.5, 0.6) is 0 Å². The van der Waals surface area contributed by atoms with Crippen molar-refractivity contribution in [2.75, 3.05) is 25.5 Å². The first-order chi connectivity index (χ1) is 8.50. The van der Waals surface area contributed by atoms with Crippen molar-refractivity contribution in [1.29, 1.82) is 0 Å². The summed E-state index contributed by atoms with van der Waals surface area (Å²) in [4.78, 5) is 11.6. The molecule has 0 atom stereocenters. The Kier molecular flexibility index (Phi) is 5.80. The topological polar surface area (TPSA) is 64.4 Å². The van der Waals surface area contributed by atoms with Crippen LogP contribution in [0, 0.1) is 0 Å². The van der Waals surface area contributed by atoms with Gasteiger partial charge in [0, 0.05) is 12.1 Å². The molecule has 0 aliphatic rings. The Morgan fingerprint density at radius 3 is 2.83 bits per heavy atom. The molecule has 0 radical (unpaired) electrons. The number of nitrogen functional groups attached to an aromatic ring is 1. The summed E-state index contributed by atoms with van der Waals surface area (Å²) in [6.45, 7) is -0.461. The second-order valence-corrected chi connectivity index (χ2v) is 3.87. The summed E-state index contributed by atoms with van der Waals surface area (Å²) in [5.74, 6) is -0.362. The second kappa shape index (κ2) is 7.13. The number of benzene rings is 1. The van der Waals surface area contributed by atoms with E-state index in [4.69, 9.17) is 17.3 Å². The van der Waals surface area contributed by atoms with Gasteiger partial charge in [0.05, 0.1) is 17.3 Å². The lowest BCUT2D eigenvalue weighted by atomic mass is 10.2. The van der Waals surface area contributed by atoms with E-state index in [2.05, 4.69) is 10.1 Å². The van der Waals surface area contributed by atoms with Crippen LogP contribution in [0.2, 0.25) is 5.02 Å². The molecule has 0 bridgehead atoms. The van der Waals surface area contributed by atoms with Gasteiger partial charge in [-0.05, 0) is 18.2 Å². The van der Waals surface area contributed by atoms with Crippen LogP contribution in [0.1, 0.15) is 10.4 Å². The molecule has 18 heavy (non-hydrogen) atoms. The monoisotopic (exact) mass is 278 g/mol. The van der Waals surface area contributed by atoms with Crippen molar-refractivity contribution in [1.82, 2.24) is 5.32 Å². The lowest BCUT2D eigenvalue weighted by Crippen LogP contribution is -2.27. The van der Waals surface area contributed by atoms with Crippen molar-refractivity contribution in [2.45, 2.75) is 6.43 Å². The van der Waals surface area contributed by atoms with E-state index in [1.807, 2.05) is 0 Å². The molecular weight excluding hydrogens is 266 g/mol. The highest BCUT2D eigenvalue weighted by atomic mass is 35.5. The molecule has 3 N–H and O–H groups in total. The summed E-state index contributed by atoms with van der Waals surface area (Å²) < 4.78 is 28.1. The van der Waals surface area contributed by atoms with Gasteiger partial charge in [-0.2, -0.15) is 0 Å². The van der Waals surface area contributed by atoms with Crippen LogP contribution in [0.15, 0.2) is 18.2 Å². The van der Waals surface area contributed by atoms with Gasteiger partial charge < -0.3 is 15.8 Å². The smallest absolute Gasteiger partial charge is 0.261 e. The third kappa shape index (κ3) is 4.85. The molecule has 0 aliphatic heterocycles. The molecule has 100 valence electrons. The highest BCUT2D eigenvalue weighted by Gasteiger charge is 2.07. The fraction of sp³-hybridized carbons (Fsp3) is 0.364. The molecular formula is C11H13ClF2N2O2. The van der Waals surface area contributed by atoms with Crippen molar-refractivity contribution < 1.29 is 18.3 Å². The first kappa shape index (κ1) is 14.7. The standard InChI is InChI=1S/C11H13ClF2N2O2/c12-8-2-1-7(5-9(8)15)11(17)16-3-4-18-6-10(13)14/h1-2,5,10H,3-4,6,15H2,(H,16,17). The molecule has 0 saturated carbocycles. The Labute approximate surface area is 108 Å². The van der Waals surface area contributed by atoms with Crippen molar-refractivity contribution >= 4 is 23.2 Å². The van der Waals surface area contributed by atoms with E-state index in [-0.39, 0.29) is 19.1 Å². The third-order valence-corrected chi connectivity index (χ3v) is 2.38. The fourth-order valence-corrected chi connectivity index (χ4v) is 1.31. The van der Waals surface area contributed by atoms with Crippen molar-refractivity contribution in [2.24, 2.45) is 0 Å². The lowest BCUT2D eigenvalue weighted by molar-refractivity contribution is 0.0188. The number of rotatable bonds is 6. The summed E-state index contributed by atoms with van der Waals surface area (Å²) in [5, 5.41) is 2.88. The average Bonchev–Trinajstić information content (AvgIpc) is 2.31. The SMILES string of the molecule is Nc1cc(C(=O)NCCOCC(F)F)ccc1Cl. The summed E-state index contributed by atoms with van der Waals surface area (Å²) >= 11 is 5.71. The number of nitrogens with one attached hydrogen (secondary N) is 1. The van der Waals surface area contributed by atoms with Crippen LogP contribution in [-0.4, -0.2) is 32.1 Å². The van der Waals surface area contributed by atoms with E-state index in [0.29, 0.717) is 16.3 Å². The van der Waals surface area contributed by atoms with Gasteiger partial charge in [-0.1, -0.05) is 11.6 Å². The summed E-state index contributed by atoms with van der Waals surface area (Å²) in [6.07, 6.45) is -2.50. The molecule has 0 fully saturated rings. The Bertz CT molecular complexity index is 416. The van der Waals surface area contributed by atoms with E-state index in [0.717, 1.165) is 0 Å². The van der Waals surface area contributed by atoms with Crippen LogP contribution < -0.4 is 11.1 Å². The predicted octanol–water partition coefficient (Wildman–Crippen LogP) is 1.93. The predicted molar refractivity (Wildman–Crippen MR) is 65.0 cm³/mol. The molecule has 0 heterocycles. The van der Waals surface area contributed by atoms with E-state index < -0.39 is 13.0 Å². The minimum atomic E-state index is -2.50. The number of hydrogen-bond donors (Lipinski definition) is 2. The number of carbonyl (C=O) groups excluding carboxylic acids is 1. The largest absolute Gasteiger partial charge is 0.398 e. The molecule has 1 amide bonds. The van der Waals surface area contributed by atoms with E-state index in [1.165, 1.54) is 18.2 Å². The minimum absolute atomic E-state index is 0.0269. The van der Waals surface area contributed by atoms with E-state index >= 15 is 0 Å². The molecule has 0 aliphatic carbocycles. The summed E-state index contributed by atoms with van der Waals surface area (Å²) in [6, 6.07) is 4.48. The van der Waals surface area contributed by atoms with Crippen LogP contribution in [0.3, 0.4) is 0 Å². The van der Waals surface area contributed by atoms with Crippen LogP contribution >= 0.6 is 11.6 Å². The van der Waals surface area contributed by atoms with Gasteiger partial charge in [0.15, 0.2) is 0 Å². The molecule has 1 rings (SSSR count). The second-order valence-electron chi connectivity index (χ2n) is 3.46. The molecule has 7 heteroatoms. The van der Waals surface area contributed by atoms with Gasteiger partial charge in [0.25, 0.3) is 12.3 Å². The molecule has 1 aromatic carbocycles. The zero-order chi connectivity index (χ0) is 13.5. The Morgan fingerprint density at radius 1 is 1.50 bits per heavy atom. The third-order valence-electron chi connectivity index (χ3n) is 2.03. The van der Waals surface area contributed by atoms with Gasteiger partial charge in [0.2, 0.25) is 0 Å². The number of carbonyl (C=O) groups is 1. The number of ether oxygens (including phenoxy) is 1. The molecule has 0 aromatic heterocycles. The van der Waals surface area contributed by atoms with E-state index in [9.17, 15) is 13.6 Å². The van der Waals surface area contributed by atoms with Crippen molar-refractivity contribution in [3.8, 4) is 0 Å². The van der Waals surface area contributed by atoms with Crippen LogP contribution in [0.4, 0.5) is 14.5 Å². The number of amides is 1. The van der Waals surface area contributed by atoms with Gasteiger partial charge in [0.1, 0.15) is 6.61 Å². The fourth-order valence-electron chi connectivity index (χ4n) is 1.20. The van der Waals surface area contributed by atoms with Crippen LogP contribution in [-0.2, 0) is 4.74 Å². The Morgan fingerprint density at radius 2 is 2.22 bits per heavy atom. The number of anilines is 1. The maximum Gasteiger partial charge on any atom is 0.261 e. The average molecular weight is 279 g/mol. The number of halogens is 3. The molecule has 4 nitrogen and oxygen atoms in total. The highest BCUT2D eigenvalue weighted by molar-refractivity contribution is 6.33. The normalized spacial score (nSPS) is 10.7. The zero-order valence-corrected chi connectivity index (χ0v) is 10.2. The Balaban J connectivity index is 2.34. The first-order valence-corrected chi connectivity index (χ1v) is 5.57. The molecule has 1 aromatic rings. The number of nitrogens with two attached hydrogens (primary N) is 1. The maximum absolute atomic E-state index is 11.7. The van der Waals surface area contributed by atoms with Crippen molar-refractivity contribution in [3.05, 3.63) is 28.8 Å². The van der Waals surface area contributed by atoms with Gasteiger partial charge in [-0.3, -0.25) is 4.79 Å². The molecule has 0 spiro atoms. The quantitative estimate of drug-likeness (QED) is 0.617. The summed E-state index contributed by atoms with van der Waals surface area (Å²) in [7, 11) is 0. The van der Waals surface area contributed by atoms with Gasteiger partial charge in [-0.15, -0.1) is 0 Å². The molecule has 0 unspecified atom stereocenters. The first-order valence-electron chi connectivity index (χ1n) is 5.20. The highest BCUT2D eigenvalue weighted by Crippen LogP contribution is 2.19. The van der Waals surface area contributed by atoms with Crippen LogP contribution in [0.25, 0.3) is 0 Å². The maximum atomic E-state index is 11.7.